The quantitative estimate of drug-likeness (QED) is 0.236. The Morgan fingerprint density at radius 2 is 1.82 bits per heavy atom. The van der Waals surface area contributed by atoms with E-state index >= 15 is 0 Å². The molecule has 0 aliphatic heterocycles. The van der Waals surface area contributed by atoms with Crippen molar-refractivity contribution >= 4 is 50.0 Å². The summed E-state index contributed by atoms with van der Waals surface area (Å²) >= 11 is 6.72. The number of hydrogen-bond acceptors (Lipinski definition) is 7. The molecule has 0 atom stereocenters. The van der Waals surface area contributed by atoms with Crippen molar-refractivity contribution in [2.45, 2.75) is 13.5 Å². The van der Waals surface area contributed by atoms with E-state index in [-0.39, 0.29) is 19.0 Å². The summed E-state index contributed by atoms with van der Waals surface area (Å²) in [6.45, 7) is 2.07. The van der Waals surface area contributed by atoms with Gasteiger partial charge in [0.15, 0.2) is 18.1 Å². The summed E-state index contributed by atoms with van der Waals surface area (Å²) in [5.74, 6) is 0.0849. The van der Waals surface area contributed by atoms with Gasteiger partial charge in [0.1, 0.15) is 18.1 Å². The molecule has 34 heavy (non-hydrogen) atoms. The lowest BCUT2D eigenvalue weighted by Crippen LogP contribution is -2.24. The van der Waals surface area contributed by atoms with Crippen molar-refractivity contribution in [3.63, 3.8) is 0 Å². The van der Waals surface area contributed by atoms with E-state index in [1.165, 1.54) is 18.3 Å². The van der Waals surface area contributed by atoms with Crippen molar-refractivity contribution in [2.75, 3.05) is 13.2 Å². The van der Waals surface area contributed by atoms with Gasteiger partial charge in [0.2, 0.25) is 5.76 Å². The van der Waals surface area contributed by atoms with E-state index < -0.39 is 11.9 Å². The van der Waals surface area contributed by atoms with E-state index in [0.29, 0.717) is 35.2 Å². The summed E-state index contributed by atoms with van der Waals surface area (Å²) in [4.78, 5) is 22.9. The van der Waals surface area contributed by atoms with Crippen molar-refractivity contribution in [3.05, 3.63) is 74.6 Å². The van der Waals surface area contributed by atoms with Crippen LogP contribution in [0.15, 0.2) is 67.0 Å². The maximum Gasteiger partial charge on any atom is 0.371 e. The van der Waals surface area contributed by atoms with Gasteiger partial charge in [-0.3, -0.25) is 4.79 Å². The minimum Gasteiger partial charge on any atom is -0.490 e. The number of aromatic carboxylic acids is 1. The Bertz CT molecular complexity index is 1190. The zero-order chi connectivity index (χ0) is 24.5. The molecule has 0 aliphatic rings. The number of nitrogens with one attached hydrogen (secondary N) is 1. The molecule has 9 nitrogen and oxygen atoms in total. The first-order valence-electron chi connectivity index (χ1n) is 9.97. The number of carbonyl (C=O) groups is 2. The van der Waals surface area contributed by atoms with Gasteiger partial charge in [-0.1, -0.05) is 15.9 Å². The summed E-state index contributed by atoms with van der Waals surface area (Å²) in [5, 5.41) is 12.9. The second-order valence-corrected chi connectivity index (χ2v) is 8.43. The molecule has 0 unspecified atom stereocenters. The number of halogens is 2. The standard InChI is InChI=1S/C23H20Br2N2O7/c1-2-31-21-9-14(3-6-19(21)32-12-16-5-8-20(34-16)23(29)30)11-26-27-22(28)13-33-18-7-4-15(24)10-17(18)25/h3-11H,2,12-13H2,1H3,(H,27,28)(H,29,30). The number of carboxylic acids is 1. The van der Waals surface area contributed by atoms with Crippen LogP contribution in [0, 0.1) is 0 Å². The van der Waals surface area contributed by atoms with Gasteiger partial charge < -0.3 is 23.7 Å². The molecule has 2 aromatic carbocycles. The second-order valence-electron chi connectivity index (χ2n) is 6.66. The molecular weight excluding hydrogens is 576 g/mol. The maximum absolute atomic E-state index is 12.0. The SMILES string of the molecule is CCOc1cc(C=NNC(=O)COc2ccc(Br)cc2Br)ccc1OCc1ccc(C(=O)O)o1. The number of carboxylic acid groups (broad SMARTS) is 1. The smallest absolute Gasteiger partial charge is 0.371 e. The average molecular weight is 596 g/mol. The van der Waals surface area contributed by atoms with Crippen LogP contribution in [0.5, 0.6) is 17.2 Å². The number of carbonyl (C=O) groups excluding carboxylic acids is 1. The molecule has 0 saturated carbocycles. The highest BCUT2D eigenvalue weighted by Crippen LogP contribution is 2.29. The van der Waals surface area contributed by atoms with E-state index in [1.54, 1.807) is 30.3 Å². The summed E-state index contributed by atoms with van der Waals surface area (Å²) in [7, 11) is 0. The van der Waals surface area contributed by atoms with Crippen molar-refractivity contribution in [2.24, 2.45) is 5.10 Å². The second kappa shape index (κ2) is 12.2. The number of ether oxygens (including phenoxy) is 3. The van der Waals surface area contributed by atoms with Gasteiger partial charge in [0, 0.05) is 4.47 Å². The number of rotatable bonds is 11. The molecule has 1 aromatic heterocycles. The van der Waals surface area contributed by atoms with E-state index in [9.17, 15) is 9.59 Å². The predicted octanol–water partition coefficient (Wildman–Crippen LogP) is 5.01. The first-order valence-corrected chi connectivity index (χ1v) is 11.6. The molecule has 0 aliphatic carbocycles. The van der Waals surface area contributed by atoms with Crippen LogP contribution in [0.2, 0.25) is 0 Å². The van der Waals surface area contributed by atoms with E-state index in [0.717, 1.165) is 8.95 Å². The molecular formula is C23H20Br2N2O7. The van der Waals surface area contributed by atoms with Crippen molar-refractivity contribution in [1.29, 1.82) is 0 Å². The number of furan rings is 1. The van der Waals surface area contributed by atoms with Gasteiger partial charge in [0.05, 0.1) is 17.3 Å². The summed E-state index contributed by atoms with van der Waals surface area (Å²) in [6, 6.07) is 13.4. The maximum atomic E-state index is 12.0. The Kier molecular flexibility index (Phi) is 9.11. The van der Waals surface area contributed by atoms with Crippen LogP contribution in [0.4, 0.5) is 0 Å². The van der Waals surface area contributed by atoms with Crippen LogP contribution in [-0.2, 0) is 11.4 Å². The zero-order valence-corrected chi connectivity index (χ0v) is 21.1. The Labute approximate surface area is 212 Å². The molecule has 2 N–H and O–H groups in total. The minimum atomic E-state index is -1.15. The molecule has 1 heterocycles. The Balaban J connectivity index is 1.55. The highest BCUT2D eigenvalue weighted by atomic mass is 79.9. The number of nitrogens with zero attached hydrogens (tertiary/aromatic N) is 1. The van der Waals surface area contributed by atoms with Gasteiger partial charge in [-0.25, -0.2) is 10.2 Å². The summed E-state index contributed by atoms with van der Waals surface area (Å²) < 4.78 is 23.6. The first kappa shape index (κ1) is 25.3. The lowest BCUT2D eigenvalue weighted by atomic mass is 10.2. The van der Waals surface area contributed by atoms with Gasteiger partial charge in [0.25, 0.3) is 5.91 Å². The molecule has 0 fully saturated rings. The molecule has 0 spiro atoms. The average Bonchev–Trinajstić information content (AvgIpc) is 3.28. The van der Waals surface area contributed by atoms with Crippen molar-refractivity contribution in [3.8, 4) is 17.2 Å². The Morgan fingerprint density at radius 3 is 2.53 bits per heavy atom. The Morgan fingerprint density at radius 1 is 1.03 bits per heavy atom. The highest BCUT2D eigenvalue weighted by Gasteiger charge is 2.11. The number of hydrazone groups is 1. The lowest BCUT2D eigenvalue weighted by Gasteiger charge is -2.11. The molecule has 1 amide bonds. The molecule has 3 aromatic rings. The molecule has 11 heteroatoms. The zero-order valence-electron chi connectivity index (χ0n) is 17.9. The summed E-state index contributed by atoms with van der Waals surface area (Å²) in [6.07, 6.45) is 1.46. The van der Waals surface area contributed by atoms with Gasteiger partial charge in [-0.05, 0) is 76.9 Å². The van der Waals surface area contributed by atoms with Crippen molar-refractivity contribution < 1.29 is 33.3 Å². The molecule has 178 valence electrons. The molecule has 0 radical (unpaired) electrons. The van der Waals surface area contributed by atoms with E-state index in [2.05, 4.69) is 42.4 Å². The largest absolute Gasteiger partial charge is 0.490 e. The third-order valence-electron chi connectivity index (χ3n) is 4.17. The van der Waals surface area contributed by atoms with Gasteiger partial charge >= 0.3 is 5.97 Å². The van der Waals surface area contributed by atoms with Crippen LogP contribution >= 0.6 is 31.9 Å². The fraction of sp³-hybridized carbons (Fsp3) is 0.174. The van der Waals surface area contributed by atoms with Crippen LogP contribution in [0.3, 0.4) is 0 Å². The van der Waals surface area contributed by atoms with Crippen molar-refractivity contribution in [1.82, 2.24) is 5.43 Å². The van der Waals surface area contributed by atoms with Crippen LogP contribution in [0.25, 0.3) is 0 Å². The number of amides is 1. The number of benzene rings is 2. The predicted molar refractivity (Wildman–Crippen MR) is 131 cm³/mol. The third-order valence-corrected chi connectivity index (χ3v) is 5.28. The minimum absolute atomic E-state index is 0.0331. The lowest BCUT2D eigenvalue weighted by molar-refractivity contribution is -0.123. The monoisotopic (exact) mass is 594 g/mol. The fourth-order valence-electron chi connectivity index (χ4n) is 2.66. The molecule has 3 rings (SSSR count). The first-order chi connectivity index (χ1) is 16.4. The fourth-order valence-corrected chi connectivity index (χ4v) is 3.82. The van der Waals surface area contributed by atoms with Crippen LogP contribution in [0.1, 0.15) is 28.8 Å². The number of hydrogen-bond donors (Lipinski definition) is 2. The van der Waals surface area contributed by atoms with Crippen LogP contribution in [-0.4, -0.2) is 36.4 Å². The summed E-state index contributed by atoms with van der Waals surface area (Å²) in [5.41, 5.74) is 3.07. The molecule has 0 saturated heterocycles. The van der Waals surface area contributed by atoms with Gasteiger partial charge in [-0.2, -0.15) is 5.10 Å². The molecule has 0 bridgehead atoms. The third kappa shape index (κ3) is 7.35. The normalized spacial score (nSPS) is 10.8. The van der Waals surface area contributed by atoms with E-state index in [4.69, 9.17) is 23.7 Å². The van der Waals surface area contributed by atoms with Crippen LogP contribution < -0.4 is 19.6 Å². The Hall–Kier alpha value is -3.31. The van der Waals surface area contributed by atoms with E-state index in [1.807, 2.05) is 13.0 Å². The topological polar surface area (TPSA) is 120 Å². The highest BCUT2D eigenvalue weighted by molar-refractivity contribution is 9.11. The van der Waals surface area contributed by atoms with Gasteiger partial charge in [-0.15, -0.1) is 0 Å².